The molecule has 4 aromatic rings. The minimum atomic E-state index is -5.05. The lowest BCUT2D eigenvalue weighted by molar-refractivity contribution is -0.683. The quantitative estimate of drug-likeness (QED) is 0.134. The second-order valence-electron chi connectivity index (χ2n) is 9.18. The lowest BCUT2D eigenvalue weighted by Gasteiger charge is -2.13. The van der Waals surface area contributed by atoms with Crippen LogP contribution in [0.1, 0.15) is 36.1 Å². The number of nitrogens with zero attached hydrogens (tertiary/aromatic N) is 2. The van der Waals surface area contributed by atoms with E-state index in [1.165, 1.54) is 35.3 Å². The number of hydrogen-bond donors (Lipinski definition) is 1. The minimum Gasteiger partial charge on any atom is -0.459 e. The number of thiophene rings is 1. The van der Waals surface area contributed by atoms with Crippen molar-refractivity contribution in [3.8, 4) is 33.6 Å². The number of nitriles is 1. The van der Waals surface area contributed by atoms with Crippen LogP contribution in [0, 0.1) is 23.0 Å². The number of alkyl halides is 6. The van der Waals surface area contributed by atoms with Crippen LogP contribution < -0.4 is 4.57 Å². The molecule has 0 bridgehead atoms. The van der Waals surface area contributed by atoms with Crippen LogP contribution in [0.3, 0.4) is 0 Å². The molecular weight excluding hydrogens is 596 g/mol. The molecule has 2 aromatic carbocycles. The van der Waals surface area contributed by atoms with Crippen LogP contribution >= 0.6 is 23.1 Å². The second-order valence-corrected chi connectivity index (χ2v) is 11.7. The number of thioether (sulfide) groups is 1. The summed E-state index contributed by atoms with van der Waals surface area (Å²) in [5.74, 6) is -3.04. The van der Waals surface area contributed by atoms with Gasteiger partial charge in [-0.1, -0.05) is 13.8 Å². The summed E-state index contributed by atoms with van der Waals surface area (Å²) < 4.78 is 111. The molecule has 41 heavy (non-hydrogen) atoms. The van der Waals surface area contributed by atoms with Crippen LogP contribution in [0.2, 0.25) is 0 Å². The van der Waals surface area contributed by atoms with Gasteiger partial charge in [0.2, 0.25) is 5.69 Å². The molecule has 2 heterocycles. The summed E-state index contributed by atoms with van der Waals surface area (Å²) in [5.41, 5.74) is -3.50. The molecule has 0 atom stereocenters. The van der Waals surface area contributed by atoms with Crippen molar-refractivity contribution in [2.75, 3.05) is 0 Å². The van der Waals surface area contributed by atoms with Crippen molar-refractivity contribution in [3.63, 3.8) is 0 Å². The van der Waals surface area contributed by atoms with Gasteiger partial charge in [0.25, 0.3) is 0 Å². The molecular formula is C28H19F8N2OS2+. The van der Waals surface area contributed by atoms with Crippen molar-refractivity contribution in [2.45, 2.75) is 42.9 Å². The van der Waals surface area contributed by atoms with E-state index in [-0.39, 0.29) is 32.5 Å². The Balaban J connectivity index is 1.92. The largest absolute Gasteiger partial charge is 0.459 e. The highest BCUT2D eigenvalue weighted by Crippen LogP contribution is 2.41. The maximum Gasteiger partial charge on any atom is 0.418 e. The van der Waals surface area contributed by atoms with Crippen LogP contribution in [-0.4, -0.2) is 10.4 Å². The van der Waals surface area contributed by atoms with Crippen LogP contribution in [0.5, 0.6) is 5.88 Å². The molecule has 0 radical (unpaired) electrons. The highest BCUT2D eigenvalue weighted by atomic mass is 32.2. The molecule has 0 saturated carbocycles. The van der Waals surface area contributed by atoms with Gasteiger partial charge in [-0.3, -0.25) is 0 Å². The Labute approximate surface area is 237 Å². The Hall–Kier alpha value is -3.63. The predicted octanol–water partition coefficient (Wildman–Crippen LogP) is 8.81. The number of rotatable bonds is 6. The standard InChI is InChI=1S/C28H18F8N2OS2/c1-14(2)41-20-6-16(5-18(8-20)27(31,32)33)17-7-25(40-13-17)24-10-22(28(34,35)36)21(11-37)26(39)38(24)12-15-3-4-19(29)9-23(15)30/h3-10,13-14H,12H2,1-2H3/p+1. The smallest absolute Gasteiger partial charge is 0.418 e. The average molecular weight is 616 g/mol. The molecule has 0 spiro atoms. The maximum atomic E-state index is 14.5. The summed E-state index contributed by atoms with van der Waals surface area (Å²) in [4.78, 5) is 0.429. The van der Waals surface area contributed by atoms with E-state index >= 15 is 0 Å². The van der Waals surface area contributed by atoms with Crippen molar-refractivity contribution in [1.29, 1.82) is 5.26 Å². The monoisotopic (exact) mass is 615 g/mol. The van der Waals surface area contributed by atoms with E-state index in [2.05, 4.69) is 0 Å². The first-order valence-electron chi connectivity index (χ1n) is 11.8. The van der Waals surface area contributed by atoms with Crippen molar-refractivity contribution < 1.29 is 44.8 Å². The van der Waals surface area contributed by atoms with Crippen molar-refractivity contribution in [1.82, 2.24) is 0 Å². The number of hydrogen-bond acceptors (Lipinski definition) is 4. The molecule has 0 aliphatic carbocycles. The fourth-order valence-corrected chi connectivity index (χ4v) is 5.94. The maximum absolute atomic E-state index is 14.5. The minimum absolute atomic E-state index is 0.0300. The summed E-state index contributed by atoms with van der Waals surface area (Å²) in [6.07, 6.45) is -9.70. The molecule has 0 saturated heterocycles. The van der Waals surface area contributed by atoms with E-state index in [1.54, 1.807) is 0 Å². The molecule has 3 nitrogen and oxygen atoms in total. The van der Waals surface area contributed by atoms with Gasteiger partial charge in [0.05, 0.1) is 21.6 Å². The summed E-state index contributed by atoms with van der Waals surface area (Å²) in [7, 11) is 0. The number of halogens is 8. The molecule has 1 N–H and O–H groups in total. The second kappa shape index (κ2) is 11.3. The Bertz CT molecular complexity index is 1650. The Morgan fingerprint density at radius 2 is 1.66 bits per heavy atom. The van der Waals surface area contributed by atoms with Gasteiger partial charge >= 0.3 is 18.2 Å². The first-order valence-corrected chi connectivity index (χ1v) is 13.5. The molecule has 13 heteroatoms. The third-order valence-corrected chi connectivity index (χ3v) is 7.80. The van der Waals surface area contributed by atoms with Crippen LogP contribution in [-0.2, 0) is 18.9 Å². The van der Waals surface area contributed by atoms with Gasteiger partial charge in [0.15, 0.2) is 12.1 Å². The SMILES string of the molecule is CC(C)Sc1cc(-c2csc(-c3cc(C(F)(F)F)c(C#N)c(O)[n+]3Cc3ccc(F)cc3F)c2)cc(C(F)(F)F)c1. The number of pyridine rings is 1. The van der Waals surface area contributed by atoms with Gasteiger partial charge in [0.1, 0.15) is 17.7 Å². The van der Waals surface area contributed by atoms with Crippen LogP contribution in [0.15, 0.2) is 58.8 Å². The van der Waals surface area contributed by atoms with Crippen molar-refractivity contribution in [3.05, 3.63) is 87.8 Å². The zero-order valence-corrected chi connectivity index (χ0v) is 22.8. The molecule has 0 unspecified atom stereocenters. The zero-order valence-electron chi connectivity index (χ0n) is 21.2. The lowest BCUT2D eigenvalue weighted by atomic mass is 10.0. The van der Waals surface area contributed by atoms with Gasteiger partial charge in [-0.15, -0.1) is 23.1 Å². The fourth-order valence-electron chi connectivity index (χ4n) is 4.07. The van der Waals surface area contributed by atoms with Crippen LogP contribution in [0.4, 0.5) is 35.1 Å². The van der Waals surface area contributed by atoms with E-state index in [0.29, 0.717) is 17.0 Å². The number of benzene rings is 2. The molecule has 214 valence electrons. The first-order chi connectivity index (χ1) is 19.1. The highest BCUT2D eigenvalue weighted by Gasteiger charge is 2.41. The Morgan fingerprint density at radius 3 is 2.24 bits per heavy atom. The van der Waals surface area contributed by atoms with Gasteiger partial charge in [-0.05, 0) is 52.9 Å². The summed E-state index contributed by atoms with van der Waals surface area (Å²) in [6, 6.07) is 9.29. The third kappa shape index (κ3) is 6.65. The lowest BCUT2D eigenvalue weighted by Crippen LogP contribution is -2.39. The van der Waals surface area contributed by atoms with E-state index in [9.17, 15) is 45.5 Å². The molecule has 0 fully saturated rings. The predicted molar refractivity (Wildman–Crippen MR) is 138 cm³/mol. The van der Waals surface area contributed by atoms with Crippen molar-refractivity contribution in [2.24, 2.45) is 0 Å². The first kappa shape index (κ1) is 30.3. The fraction of sp³-hybridized carbons (Fsp3) is 0.214. The molecule has 0 aliphatic heterocycles. The normalized spacial score (nSPS) is 12.1. The molecule has 2 aromatic heterocycles. The Kier molecular flexibility index (Phi) is 8.38. The third-order valence-electron chi connectivity index (χ3n) is 5.87. The highest BCUT2D eigenvalue weighted by molar-refractivity contribution is 7.99. The van der Waals surface area contributed by atoms with Crippen molar-refractivity contribution >= 4 is 23.1 Å². The van der Waals surface area contributed by atoms with E-state index in [0.717, 1.165) is 40.2 Å². The summed E-state index contributed by atoms with van der Waals surface area (Å²) >= 11 is 2.09. The number of aromatic hydroxyl groups is 1. The van der Waals surface area contributed by atoms with E-state index < -0.39 is 53.1 Å². The number of aromatic nitrogens is 1. The van der Waals surface area contributed by atoms with E-state index in [4.69, 9.17) is 0 Å². The molecule has 4 rings (SSSR count). The van der Waals surface area contributed by atoms with E-state index in [1.807, 2.05) is 13.8 Å². The molecule has 0 aliphatic rings. The van der Waals surface area contributed by atoms with Gasteiger partial charge in [-0.2, -0.15) is 36.2 Å². The van der Waals surface area contributed by atoms with Gasteiger partial charge in [0, 0.05) is 22.3 Å². The topological polar surface area (TPSA) is 47.9 Å². The summed E-state index contributed by atoms with van der Waals surface area (Å²) in [5, 5.41) is 21.6. The summed E-state index contributed by atoms with van der Waals surface area (Å²) in [6.45, 7) is 3.04. The van der Waals surface area contributed by atoms with Gasteiger partial charge < -0.3 is 5.11 Å². The zero-order chi connectivity index (χ0) is 30.3. The molecule has 0 amide bonds. The Morgan fingerprint density at radius 1 is 0.951 bits per heavy atom. The average Bonchev–Trinajstić information content (AvgIpc) is 3.35. The van der Waals surface area contributed by atoms with Gasteiger partial charge in [-0.25, -0.2) is 8.78 Å². The van der Waals surface area contributed by atoms with Crippen LogP contribution in [0.25, 0.3) is 21.7 Å².